The van der Waals surface area contributed by atoms with Crippen LogP contribution >= 0.6 is 0 Å². The van der Waals surface area contributed by atoms with Gasteiger partial charge in [-0.05, 0) is 86.7 Å². The van der Waals surface area contributed by atoms with E-state index in [-0.39, 0.29) is 0 Å². The van der Waals surface area contributed by atoms with E-state index in [0.29, 0.717) is 0 Å². The van der Waals surface area contributed by atoms with Crippen molar-refractivity contribution in [2.45, 2.75) is 59.8 Å². The fraction of sp³-hybridized carbons (Fsp3) is 0.684. The first-order chi connectivity index (χ1) is 9.49. The van der Waals surface area contributed by atoms with Crippen molar-refractivity contribution in [2.24, 2.45) is 11.8 Å². The van der Waals surface area contributed by atoms with Crippen LogP contribution in [0.5, 0.6) is 0 Å². The minimum atomic E-state index is 0.748. The highest BCUT2D eigenvalue weighted by molar-refractivity contribution is 5.39. The summed E-state index contributed by atoms with van der Waals surface area (Å²) in [7, 11) is 0. The van der Waals surface area contributed by atoms with Crippen molar-refractivity contribution >= 4 is 0 Å². The van der Waals surface area contributed by atoms with E-state index in [1.807, 2.05) is 0 Å². The smallest absolute Gasteiger partial charge is 0.00146 e. The third kappa shape index (κ3) is 3.63. The summed E-state index contributed by atoms with van der Waals surface area (Å²) in [5.74, 6) is 2.35. The van der Waals surface area contributed by atoms with Gasteiger partial charge in [0.05, 0.1) is 0 Å². The summed E-state index contributed by atoms with van der Waals surface area (Å²) in [6, 6.07) is 4.83. The molecule has 2 rings (SSSR count). The van der Waals surface area contributed by atoms with Crippen molar-refractivity contribution in [3.8, 4) is 0 Å². The second-order valence-corrected chi connectivity index (χ2v) is 7.14. The summed E-state index contributed by atoms with van der Waals surface area (Å²) >= 11 is 0. The third-order valence-electron chi connectivity index (χ3n) is 4.90. The second-order valence-electron chi connectivity index (χ2n) is 7.14. The van der Waals surface area contributed by atoms with Gasteiger partial charge in [-0.25, -0.2) is 0 Å². The molecule has 1 fully saturated rings. The molecule has 0 spiro atoms. The van der Waals surface area contributed by atoms with Gasteiger partial charge in [-0.1, -0.05) is 32.4 Å². The van der Waals surface area contributed by atoms with Crippen molar-refractivity contribution in [3.05, 3.63) is 34.4 Å². The number of hydrogen-bond acceptors (Lipinski definition) is 1. The van der Waals surface area contributed by atoms with E-state index in [1.54, 1.807) is 5.56 Å². The monoisotopic (exact) mass is 273 g/mol. The molecule has 1 N–H and O–H groups in total. The summed E-state index contributed by atoms with van der Waals surface area (Å²) in [4.78, 5) is 0. The van der Waals surface area contributed by atoms with Crippen molar-refractivity contribution in [3.63, 3.8) is 0 Å². The van der Waals surface area contributed by atoms with E-state index in [4.69, 9.17) is 0 Å². The highest BCUT2D eigenvalue weighted by atomic mass is 14.9. The average molecular weight is 273 g/mol. The molecule has 1 heteroatoms. The van der Waals surface area contributed by atoms with Crippen LogP contribution in [0.25, 0.3) is 0 Å². The highest BCUT2D eigenvalue weighted by Crippen LogP contribution is 2.41. The second kappa shape index (κ2) is 6.76. The first-order valence-electron chi connectivity index (χ1n) is 8.27. The molecule has 0 heterocycles. The summed E-state index contributed by atoms with van der Waals surface area (Å²) in [5, 5.41) is 3.67. The Bertz CT molecular complexity index is 447. The normalized spacial score (nSPS) is 22.7. The lowest BCUT2D eigenvalue weighted by Crippen LogP contribution is -2.27. The van der Waals surface area contributed by atoms with Crippen LogP contribution in [0.15, 0.2) is 12.1 Å². The molecule has 2 unspecified atom stereocenters. The molecule has 0 saturated heterocycles. The van der Waals surface area contributed by atoms with E-state index < -0.39 is 0 Å². The highest BCUT2D eigenvalue weighted by Gasteiger charge is 2.29. The molecule has 1 saturated carbocycles. The SMILES string of the molecule is Cc1cc(C)c(C2CCCC2CNCC(C)C)cc1C. The van der Waals surface area contributed by atoms with Gasteiger partial charge in [-0.3, -0.25) is 0 Å². The summed E-state index contributed by atoms with van der Waals surface area (Å²) in [6.07, 6.45) is 4.16. The molecule has 0 aliphatic heterocycles. The van der Waals surface area contributed by atoms with Gasteiger partial charge in [-0.2, -0.15) is 0 Å². The fourth-order valence-corrected chi connectivity index (χ4v) is 3.63. The number of hydrogen-bond donors (Lipinski definition) is 1. The molecule has 1 aliphatic rings. The first-order valence-corrected chi connectivity index (χ1v) is 8.27. The minimum Gasteiger partial charge on any atom is -0.316 e. The van der Waals surface area contributed by atoms with E-state index >= 15 is 0 Å². The zero-order chi connectivity index (χ0) is 14.7. The number of nitrogens with one attached hydrogen (secondary N) is 1. The Balaban J connectivity index is 2.08. The Morgan fingerprint density at radius 2 is 1.75 bits per heavy atom. The van der Waals surface area contributed by atoms with E-state index in [1.165, 1.54) is 42.5 Å². The van der Waals surface area contributed by atoms with Crippen LogP contribution in [0.2, 0.25) is 0 Å². The molecular weight excluding hydrogens is 242 g/mol. The zero-order valence-corrected chi connectivity index (χ0v) is 13.9. The Hall–Kier alpha value is -0.820. The predicted molar refractivity (Wildman–Crippen MR) is 88.4 cm³/mol. The summed E-state index contributed by atoms with van der Waals surface area (Å²) in [6.45, 7) is 13.7. The molecule has 0 amide bonds. The van der Waals surface area contributed by atoms with Gasteiger partial charge in [-0.15, -0.1) is 0 Å². The Labute approximate surface area is 125 Å². The van der Waals surface area contributed by atoms with Gasteiger partial charge >= 0.3 is 0 Å². The molecule has 1 aromatic carbocycles. The van der Waals surface area contributed by atoms with Crippen molar-refractivity contribution in [1.82, 2.24) is 5.32 Å². The summed E-state index contributed by atoms with van der Waals surface area (Å²) < 4.78 is 0. The fourth-order valence-electron chi connectivity index (χ4n) is 3.63. The number of rotatable bonds is 5. The minimum absolute atomic E-state index is 0.748. The lowest BCUT2D eigenvalue weighted by molar-refractivity contribution is 0.424. The van der Waals surface area contributed by atoms with Crippen LogP contribution in [0.1, 0.15) is 61.3 Å². The van der Waals surface area contributed by atoms with Gasteiger partial charge in [0.1, 0.15) is 0 Å². The van der Waals surface area contributed by atoms with E-state index in [9.17, 15) is 0 Å². The molecule has 112 valence electrons. The molecular formula is C19H31N. The summed E-state index contributed by atoms with van der Waals surface area (Å²) in [5.41, 5.74) is 5.99. The van der Waals surface area contributed by atoms with Gasteiger partial charge in [0.15, 0.2) is 0 Å². The van der Waals surface area contributed by atoms with Gasteiger partial charge < -0.3 is 5.32 Å². The Morgan fingerprint density at radius 3 is 2.45 bits per heavy atom. The molecule has 0 aromatic heterocycles. The largest absolute Gasteiger partial charge is 0.316 e. The molecule has 0 radical (unpaired) electrons. The number of aryl methyl sites for hydroxylation is 3. The molecule has 1 aliphatic carbocycles. The molecule has 1 aromatic rings. The van der Waals surface area contributed by atoms with Gasteiger partial charge in [0, 0.05) is 0 Å². The average Bonchev–Trinajstić information content (AvgIpc) is 2.81. The molecule has 20 heavy (non-hydrogen) atoms. The van der Waals surface area contributed by atoms with Crippen LogP contribution in [-0.2, 0) is 0 Å². The number of benzene rings is 1. The lowest BCUT2D eigenvalue weighted by Gasteiger charge is -2.24. The molecule has 0 bridgehead atoms. The zero-order valence-electron chi connectivity index (χ0n) is 13.9. The van der Waals surface area contributed by atoms with Crippen molar-refractivity contribution < 1.29 is 0 Å². The van der Waals surface area contributed by atoms with Crippen molar-refractivity contribution in [1.29, 1.82) is 0 Å². The maximum Gasteiger partial charge on any atom is -0.00146 e. The molecule has 1 nitrogen and oxygen atoms in total. The third-order valence-corrected chi connectivity index (χ3v) is 4.90. The van der Waals surface area contributed by atoms with Crippen LogP contribution < -0.4 is 5.32 Å². The first kappa shape index (κ1) is 15.6. The quantitative estimate of drug-likeness (QED) is 0.817. The topological polar surface area (TPSA) is 12.0 Å². The maximum atomic E-state index is 3.67. The Morgan fingerprint density at radius 1 is 1.05 bits per heavy atom. The Kier molecular flexibility index (Phi) is 5.26. The van der Waals surface area contributed by atoms with Crippen LogP contribution in [0.4, 0.5) is 0 Å². The van der Waals surface area contributed by atoms with Crippen LogP contribution in [-0.4, -0.2) is 13.1 Å². The van der Waals surface area contributed by atoms with Crippen LogP contribution in [0, 0.1) is 32.6 Å². The van der Waals surface area contributed by atoms with Crippen molar-refractivity contribution in [2.75, 3.05) is 13.1 Å². The standard InChI is InChI=1S/C19H31N/c1-13(2)11-20-12-17-7-6-8-18(17)19-10-15(4)14(3)9-16(19)5/h9-10,13,17-18,20H,6-8,11-12H2,1-5H3. The maximum absolute atomic E-state index is 3.67. The van der Waals surface area contributed by atoms with Crippen LogP contribution in [0.3, 0.4) is 0 Å². The van der Waals surface area contributed by atoms with E-state index in [2.05, 4.69) is 52.1 Å². The van der Waals surface area contributed by atoms with Gasteiger partial charge in [0.2, 0.25) is 0 Å². The van der Waals surface area contributed by atoms with Gasteiger partial charge in [0.25, 0.3) is 0 Å². The predicted octanol–water partition coefficient (Wildman–Crippen LogP) is 4.74. The molecule has 2 atom stereocenters. The van der Waals surface area contributed by atoms with E-state index in [0.717, 1.165) is 24.3 Å². The lowest BCUT2D eigenvalue weighted by atomic mass is 9.84.